The lowest BCUT2D eigenvalue weighted by Gasteiger charge is -2.16. The third-order valence-corrected chi connectivity index (χ3v) is 3.56. The van der Waals surface area contributed by atoms with Crippen LogP contribution in [-0.2, 0) is 17.5 Å². The number of pyridine rings is 1. The van der Waals surface area contributed by atoms with Crippen molar-refractivity contribution in [2.24, 2.45) is 5.92 Å². The van der Waals surface area contributed by atoms with Gasteiger partial charge in [0.05, 0.1) is 0 Å². The molecule has 0 N–H and O–H groups in total. The van der Waals surface area contributed by atoms with Gasteiger partial charge in [0, 0.05) is 25.7 Å². The standard InChI is InChI=1S/C12H13F3N2OS/c13-12(14,15)10-2-1-8(4-16-10)5-17-6-9(7-19)3-11(17)18/h1-2,4,9,19H,3,5-7H2. The molecule has 1 aromatic rings. The highest BCUT2D eigenvalue weighted by Gasteiger charge is 2.32. The first-order valence-electron chi connectivity index (χ1n) is 5.81. The molecule has 104 valence electrons. The summed E-state index contributed by atoms with van der Waals surface area (Å²) in [6.45, 7) is 0.900. The number of likely N-dealkylation sites (tertiary alicyclic amines) is 1. The highest BCUT2D eigenvalue weighted by molar-refractivity contribution is 7.80. The minimum atomic E-state index is -4.43. The number of rotatable bonds is 3. The number of thiol groups is 1. The smallest absolute Gasteiger partial charge is 0.338 e. The molecule has 1 amide bonds. The van der Waals surface area contributed by atoms with Crippen molar-refractivity contribution < 1.29 is 18.0 Å². The maximum atomic E-state index is 12.3. The molecule has 0 spiro atoms. The van der Waals surface area contributed by atoms with Gasteiger partial charge in [0.1, 0.15) is 5.69 Å². The first-order chi connectivity index (χ1) is 8.90. The van der Waals surface area contributed by atoms with Gasteiger partial charge in [-0.15, -0.1) is 0 Å². The van der Waals surface area contributed by atoms with Gasteiger partial charge < -0.3 is 4.90 Å². The lowest BCUT2D eigenvalue weighted by Crippen LogP contribution is -2.25. The number of carbonyl (C=O) groups is 1. The Morgan fingerprint density at radius 1 is 1.42 bits per heavy atom. The molecule has 1 atom stereocenters. The Morgan fingerprint density at radius 3 is 2.63 bits per heavy atom. The molecule has 1 unspecified atom stereocenters. The summed E-state index contributed by atoms with van der Waals surface area (Å²) in [5.41, 5.74) is -0.321. The fraction of sp³-hybridized carbons (Fsp3) is 0.500. The Kier molecular flexibility index (Phi) is 4.03. The van der Waals surface area contributed by atoms with E-state index in [4.69, 9.17) is 0 Å². The van der Waals surface area contributed by atoms with Crippen LogP contribution in [-0.4, -0.2) is 28.1 Å². The minimum absolute atomic E-state index is 0.0129. The van der Waals surface area contributed by atoms with Gasteiger partial charge in [-0.1, -0.05) is 6.07 Å². The molecule has 0 bridgehead atoms. The molecule has 2 rings (SSSR count). The molecule has 1 fully saturated rings. The van der Waals surface area contributed by atoms with E-state index in [1.807, 2.05) is 0 Å². The van der Waals surface area contributed by atoms with Gasteiger partial charge in [-0.25, -0.2) is 0 Å². The highest BCUT2D eigenvalue weighted by atomic mass is 32.1. The number of amides is 1. The third-order valence-electron chi connectivity index (χ3n) is 3.04. The van der Waals surface area contributed by atoms with Crippen molar-refractivity contribution in [1.29, 1.82) is 0 Å². The van der Waals surface area contributed by atoms with Crippen molar-refractivity contribution in [2.75, 3.05) is 12.3 Å². The zero-order chi connectivity index (χ0) is 14.0. The summed E-state index contributed by atoms with van der Waals surface area (Å²) in [5.74, 6) is 0.866. The van der Waals surface area contributed by atoms with Gasteiger partial charge in [0.15, 0.2) is 0 Å². The maximum absolute atomic E-state index is 12.3. The first-order valence-corrected chi connectivity index (χ1v) is 6.44. The monoisotopic (exact) mass is 290 g/mol. The molecular formula is C12H13F3N2OS. The zero-order valence-electron chi connectivity index (χ0n) is 10.0. The molecule has 0 saturated carbocycles. The summed E-state index contributed by atoms with van der Waals surface area (Å²) < 4.78 is 37.0. The largest absolute Gasteiger partial charge is 0.433 e. The van der Waals surface area contributed by atoms with Crippen molar-refractivity contribution in [3.63, 3.8) is 0 Å². The van der Waals surface area contributed by atoms with Crippen LogP contribution >= 0.6 is 12.6 Å². The van der Waals surface area contributed by atoms with Crippen LogP contribution in [0.4, 0.5) is 13.2 Å². The summed E-state index contributed by atoms with van der Waals surface area (Å²) in [6.07, 6.45) is -2.80. The van der Waals surface area contributed by atoms with Crippen molar-refractivity contribution >= 4 is 18.5 Å². The Labute approximate surface area is 114 Å². The Hall–Kier alpha value is -1.24. The molecule has 1 aromatic heterocycles. The number of aromatic nitrogens is 1. The van der Waals surface area contributed by atoms with E-state index in [1.165, 1.54) is 12.3 Å². The number of hydrogen-bond acceptors (Lipinski definition) is 3. The molecule has 2 heterocycles. The second-order valence-electron chi connectivity index (χ2n) is 4.58. The van der Waals surface area contributed by atoms with Gasteiger partial charge in [-0.3, -0.25) is 9.78 Å². The summed E-state index contributed by atoms with van der Waals surface area (Å²) in [6, 6.07) is 2.29. The van der Waals surface area contributed by atoms with Gasteiger partial charge in [-0.05, 0) is 23.3 Å². The summed E-state index contributed by atoms with van der Waals surface area (Å²) in [5, 5.41) is 0. The average Bonchev–Trinajstić information content (AvgIpc) is 2.70. The average molecular weight is 290 g/mol. The highest BCUT2D eigenvalue weighted by Crippen LogP contribution is 2.27. The Bertz CT molecular complexity index is 461. The number of carbonyl (C=O) groups excluding carboxylic acids is 1. The molecule has 1 aliphatic rings. The summed E-state index contributed by atoms with van der Waals surface area (Å²) in [7, 11) is 0. The number of hydrogen-bond donors (Lipinski definition) is 1. The second-order valence-corrected chi connectivity index (χ2v) is 4.94. The molecule has 19 heavy (non-hydrogen) atoms. The van der Waals surface area contributed by atoms with E-state index in [1.54, 1.807) is 4.90 Å². The summed E-state index contributed by atoms with van der Waals surface area (Å²) in [4.78, 5) is 16.7. The molecule has 1 saturated heterocycles. The van der Waals surface area contributed by atoms with Crippen molar-refractivity contribution in [2.45, 2.75) is 19.1 Å². The lowest BCUT2D eigenvalue weighted by molar-refractivity contribution is -0.141. The predicted octanol–water partition coefficient (Wildman–Crippen LogP) is 2.38. The van der Waals surface area contributed by atoms with E-state index in [9.17, 15) is 18.0 Å². The van der Waals surface area contributed by atoms with Gasteiger partial charge in [-0.2, -0.15) is 25.8 Å². The quantitative estimate of drug-likeness (QED) is 0.867. The molecule has 0 radical (unpaired) electrons. The van der Waals surface area contributed by atoms with Crippen LogP contribution in [0.15, 0.2) is 18.3 Å². The normalized spacial score (nSPS) is 20.1. The Morgan fingerprint density at radius 2 is 2.16 bits per heavy atom. The van der Waals surface area contributed by atoms with Crippen molar-refractivity contribution in [3.05, 3.63) is 29.6 Å². The van der Waals surface area contributed by atoms with Gasteiger partial charge in [0.25, 0.3) is 0 Å². The SMILES string of the molecule is O=C1CC(CS)CN1Cc1ccc(C(F)(F)F)nc1. The van der Waals surface area contributed by atoms with Crippen molar-refractivity contribution in [1.82, 2.24) is 9.88 Å². The second kappa shape index (κ2) is 5.40. The van der Waals surface area contributed by atoms with Gasteiger partial charge in [0.2, 0.25) is 5.91 Å². The van der Waals surface area contributed by atoms with Crippen LogP contribution in [0.25, 0.3) is 0 Å². The van der Waals surface area contributed by atoms with E-state index < -0.39 is 11.9 Å². The van der Waals surface area contributed by atoms with Crippen LogP contribution < -0.4 is 0 Å². The molecule has 3 nitrogen and oxygen atoms in total. The summed E-state index contributed by atoms with van der Waals surface area (Å²) >= 11 is 4.15. The van der Waals surface area contributed by atoms with E-state index in [2.05, 4.69) is 17.6 Å². The van der Waals surface area contributed by atoms with E-state index >= 15 is 0 Å². The van der Waals surface area contributed by atoms with E-state index in [0.717, 1.165) is 6.07 Å². The van der Waals surface area contributed by atoms with Crippen LogP contribution in [0.3, 0.4) is 0 Å². The van der Waals surface area contributed by atoms with Crippen LogP contribution in [0.2, 0.25) is 0 Å². The van der Waals surface area contributed by atoms with E-state index in [-0.39, 0.29) is 11.8 Å². The minimum Gasteiger partial charge on any atom is -0.338 e. The van der Waals surface area contributed by atoms with Crippen LogP contribution in [0.1, 0.15) is 17.7 Å². The maximum Gasteiger partial charge on any atom is 0.433 e. The number of halogens is 3. The molecule has 1 aliphatic heterocycles. The van der Waals surface area contributed by atoms with Crippen LogP contribution in [0, 0.1) is 5.92 Å². The van der Waals surface area contributed by atoms with E-state index in [0.29, 0.717) is 30.8 Å². The lowest BCUT2D eigenvalue weighted by atomic mass is 10.1. The Balaban J connectivity index is 2.02. The van der Waals surface area contributed by atoms with Crippen molar-refractivity contribution in [3.8, 4) is 0 Å². The number of nitrogens with zero attached hydrogens (tertiary/aromatic N) is 2. The first kappa shape index (κ1) is 14.2. The molecule has 7 heteroatoms. The zero-order valence-corrected chi connectivity index (χ0v) is 10.9. The molecule has 0 aromatic carbocycles. The topological polar surface area (TPSA) is 33.2 Å². The number of alkyl halides is 3. The molecule has 0 aliphatic carbocycles. The fourth-order valence-corrected chi connectivity index (χ4v) is 2.28. The predicted molar refractivity (Wildman–Crippen MR) is 66.6 cm³/mol. The van der Waals surface area contributed by atoms with Crippen LogP contribution in [0.5, 0.6) is 0 Å². The third kappa shape index (κ3) is 3.40. The molecular weight excluding hydrogens is 277 g/mol. The van der Waals surface area contributed by atoms with Gasteiger partial charge >= 0.3 is 6.18 Å². The fourth-order valence-electron chi connectivity index (χ4n) is 2.04.